The molecule has 0 heterocycles. The Hall–Kier alpha value is -0.860. The first-order chi connectivity index (χ1) is 8.62. The van der Waals surface area contributed by atoms with E-state index in [1.54, 1.807) is 7.11 Å². The van der Waals surface area contributed by atoms with Crippen molar-refractivity contribution in [3.8, 4) is 0 Å². The van der Waals surface area contributed by atoms with E-state index in [1.165, 1.54) is 36.8 Å². The summed E-state index contributed by atoms with van der Waals surface area (Å²) in [5.41, 5.74) is 2.91. The standard InChI is InChI=1S/C16H25NO/c1-16(2,18-3)12-17-15-11-7-5-9-13-8-4-6-10-14(13)15/h4,6,8,10,15,17H,5,7,9,11-12H2,1-3H3. The van der Waals surface area contributed by atoms with Crippen LogP contribution in [0.15, 0.2) is 24.3 Å². The fourth-order valence-electron chi connectivity index (χ4n) is 2.57. The lowest BCUT2D eigenvalue weighted by molar-refractivity contribution is 0.0207. The van der Waals surface area contributed by atoms with Crippen LogP contribution in [0.4, 0.5) is 0 Å². The van der Waals surface area contributed by atoms with E-state index >= 15 is 0 Å². The lowest BCUT2D eigenvalue weighted by Gasteiger charge is -2.27. The van der Waals surface area contributed by atoms with Crippen LogP contribution in [0.5, 0.6) is 0 Å². The number of ether oxygens (including phenoxy) is 1. The van der Waals surface area contributed by atoms with Gasteiger partial charge in [-0.15, -0.1) is 0 Å². The van der Waals surface area contributed by atoms with E-state index < -0.39 is 0 Å². The number of hydrogen-bond acceptors (Lipinski definition) is 2. The molecule has 2 nitrogen and oxygen atoms in total. The van der Waals surface area contributed by atoms with E-state index in [1.807, 2.05) is 0 Å². The van der Waals surface area contributed by atoms with Gasteiger partial charge in [-0.25, -0.2) is 0 Å². The number of methoxy groups -OCH3 is 1. The molecular formula is C16H25NO. The summed E-state index contributed by atoms with van der Waals surface area (Å²) in [6.07, 6.45) is 5.07. The van der Waals surface area contributed by atoms with Crippen LogP contribution in [-0.2, 0) is 11.2 Å². The van der Waals surface area contributed by atoms with Crippen LogP contribution in [0, 0.1) is 0 Å². The van der Waals surface area contributed by atoms with Gasteiger partial charge in [-0.05, 0) is 44.2 Å². The molecule has 1 atom stereocenters. The van der Waals surface area contributed by atoms with Crippen molar-refractivity contribution in [1.82, 2.24) is 5.32 Å². The minimum atomic E-state index is -0.0960. The first-order valence-electron chi connectivity index (χ1n) is 6.99. The molecule has 1 aliphatic rings. The largest absolute Gasteiger partial charge is 0.377 e. The van der Waals surface area contributed by atoms with Gasteiger partial charge in [0.15, 0.2) is 0 Å². The van der Waals surface area contributed by atoms with Crippen LogP contribution in [0.25, 0.3) is 0 Å². The van der Waals surface area contributed by atoms with Gasteiger partial charge < -0.3 is 10.1 Å². The molecule has 2 rings (SSSR count). The van der Waals surface area contributed by atoms with Gasteiger partial charge in [0.05, 0.1) is 5.60 Å². The SMILES string of the molecule is COC(C)(C)CNC1CCCCc2ccccc21. The lowest BCUT2D eigenvalue weighted by Crippen LogP contribution is -2.38. The van der Waals surface area contributed by atoms with E-state index in [9.17, 15) is 0 Å². The highest BCUT2D eigenvalue weighted by Crippen LogP contribution is 2.28. The Bertz CT molecular complexity index is 386. The van der Waals surface area contributed by atoms with Gasteiger partial charge in [0, 0.05) is 19.7 Å². The number of aryl methyl sites for hydroxylation is 1. The molecular weight excluding hydrogens is 222 g/mol. The van der Waals surface area contributed by atoms with Gasteiger partial charge in [0.1, 0.15) is 0 Å². The van der Waals surface area contributed by atoms with E-state index in [0.717, 1.165) is 6.54 Å². The van der Waals surface area contributed by atoms with Crippen LogP contribution in [0.3, 0.4) is 0 Å². The maximum atomic E-state index is 5.49. The van der Waals surface area contributed by atoms with E-state index in [-0.39, 0.29) is 5.60 Å². The second-order valence-electron chi connectivity index (χ2n) is 5.84. The molecule has 100 valence electrons. The lowest BCUT2D eigenvalue weighted by atomic mass is 9.98. The molecule has 0 saturated heterocycles. The van der Waals surface area contributed by atoms with Gasteiger partial charge in [0.25, 0.3) is 0 Å². The van der Waals surface area contributed by atoms with Crippen molar-refractivity contribution >= 4 is 0 Å². The normalized spacial score (nSPS) is 20.3. The molecule has 1 N–H and O–H groups in total. The molecule has 0 fully saturated rings. The highest BCUT2D eigenvalue weighted by Gasteiger charge is 2.22. The third-order valence-electron chi connectivity index (χ3n) is 3.95. The van der Waals surface area contributed by atoms with Gasteiger partial charge in [-0.1, -0.05) is 30.7 Å². The minimum absolute atomic E-state index is 0.0960. The minimum Gasteiger partial charge on any atom is -0.377 e. The van der Waals surface area contributed by atoms with Crippen molar-refractivity contribution in [3.63, 3.8) is 0 Å². The Labute approximate surface area is 111 Å². The van der Waals surface area contributed by atoms with Crippen LogP contribution in [-0.4, -0.2) is 19.3 Å². The first-order valence-corrected chi connectivity index (χ1v) is 6.99. The fraction of sp³-hybridized carbons (Fsp3) is 0.625. The molecule has 0 radical (unpaired) electrons. The zero-order valence-corrected chi connectivity index (χ0v) is 11.8. The Morgan fingerprint density at radius 1 is 1.28 bits per heavy atom. The molecule has 0 saturated carbocycles. The van der Waals surface area contributed by atoms with Crippen molar-refractivity contribution in [2.75, 3.05) is 13.7 Å². The molecule has 1 aliphatic carbocycles. The maximum absolute atomic E-state index is 5.49. The van der Waals surface area contributed by atoms with E-state index in [4.69, 9.17) is 4.74 Å². The number of fused-ring (bicyclic) bond motifs is 1. The maximum Gasteiger partial charge on any atom is 0.0746 e. The molecule has 2 heteroatoms. The zero-order chi connectivity index (χ0) is 13.0. The summed E-state index contributed by atoms with van der Waals surface area (Å²) in [4.78, 5) is 0. The van der Waals surface area contributed by atoms with Gasteiger partial charge in [-0.2, -0.15) is 0 Å². The zero-order valence-electron chi connectivity index (χ0n) is 11.8. The number of hydrogen-bond donors (Lipinski definition) is 1. The van der Waals surface area contributed by atoms with Crippen molar-refractivity contribution in [2.24, 2.45) is 0 Å². The van der Waals surface area contributed by atoms with Crippen molar-refractivity contribution in [3.05, 3.63) is 35.4 Å². The third-order valence-corrected chi connectivity index (χ3v) is 3.95. The second-order valence-corrected chi connectivity index (χ2v) is 5.84. The first kappa shape index (κ1) is 13.6. The molecule has 0 amide bonds. The van der Waals surface area contributed by atoms with Crippen LogP contribution >= 0.6 is 0 Å². The molecule has 0 spiro atoms. The number of rotatable bonds is 4. The van der Waals surface area contributed by atoms with Crippen molar-refractivity contribution in [1.29, 1.82) is 0 Å². The molecule has 18 heavy (non-hydrogen) atoms. The smallest absolute Gasteiger partial charge is 0.0746 e. The summed E-state index contributed by atoms with van der Waals surface area (Å²) in [5, 5.41) is 3.68. The number of nitrogens with one attached hydrogen (secondary N) is 1. The summed E-state index contributed by atoms with van der Waals surface area (Å²) >= 11 is 0. The van der Waals surface area contributed by atoms with Crippen LogP contribution in [0.2, 0.25) is 0 Å². The number of benzene rings is 1. The van der Waals surface area contributed by atoms with Crippen molar-refractivity contribution in [2.45, 2.75) is 51.2 Å². The molecule has 1 aromatic carbocycles. The summed E-state index contributed by atoms with van der Waals surface area (Å²) in [6.45, 7) is 5.15. The summed E-state index contributed by atoms with van der Waals surface area (Å²) in [7, 11) is 1.78. The van der Waals surface area contributed by atoms with Gasteiger partial charge in [0.2, 0.25) is 0 Å². The second kappa shape index (κ2) is 5.85. The molecule has 0 aliphatic heterocycles. The Morgan fingerprint density at radius 3 is 2.83 bits per heavy atom. The predicted molar refractivity (Wildman–Crippen MR) is 75.8 cm³/mol. The highest BCUT2D eigenvalue weighted by molar-refractivity contribution is 5.31. The van der Waals surface area contributed by atoms with Gasteiger partial charge >= 0.3 is 0 Å². The average Bonchev–Trinajstić information content (AvgIpc) is 2.59. The molecule has 1 aromatic rings. The predicted octanol–water partition coefficient (Wildman–Crippen LogP) is 3.47. The van der Waals surface area contributed by atoms with Crippen molar-refractivity contribution < 1.29 is 4.74 Å². The monoisotopic (exact) mass is 247 g/mol. The summed E-state index contributed by atoms with van der Waals surface area (Å²) < 4.78 is 5.49. The molecule has 0 bridgehead atoms. The Kier molecular flexibility index (Phi) is 4.41. The Balaban J connectivity index is 2.08. The van der Waals surface area contributed by atoms with Gasteiger partial charge in [-0.3, -0.25) is 0 Å². The van der Waals surface area contributed by atoms with E-state index in [2.05, 4.69) is 43.4 Å². The molecule has 0 aromatic heterocycles. The highest BCUT2D eigenvalue weighted by atomic mass is 16.5. The summed E-state index contributed by atoms with van der Waals surface area (Å²) in [5.74, 6) is 0. The topological polar surface area (TPSA) is 21.3 Å². The molecule has 1 unspecified atom stereocenters. The summed E-state index contributed by atoms with van der Waals surface area (Å²) in [6, 6.07) is 9.34. The van der Waals surface area contributed by atoms with Crippen LogP contribution in [0.1, 0.15) is 50.3 Å². The van der Waals surface area contributed by atoms with E-state index in [0.29, 0.717) is 6.04 Å². The quantitative estimate of drug-likeness (QED) is 0.823. The van der Waals surface area contributed by atoms with Crippen LogP contribution < -0.4 is 5.32 Å². The third kappa shape index (κ3) is 3.33. The Morgan fingerprint density at radius 2 is 2.06 bits per heavy atom. The fourth-order valence-corrected chi connectivity index (χ4v) is 2.57. The average molecular weight is 247 g/mol.